The molecule has 0 saturated carbocycles. The van der Waals surface area contributed by atoms with Crippen LogP contribution in [0.1, 0.15) is 12.8 Å². The first kappa shape index (κ1) is 16.8. The first-order valence-electron chi connectivity index (χ1n) is 6.18. The Morgan fingerprint density at radius 2 is 1.81 bits per heavy atom. The molecule has 0 aliphatic rings. The average molecular weight is 304 g/mol. The molecule has 0 saturated heterocycles. The van der Waals surface area contributed by atoms with Crippen LogP contribution in [-0.2, 0) is 4.79 Å². The molecule has 0 aromatic heterocycles. The highest BCUT2D eigenvalue weighted by Gasteiger charge is 2.29. The molecule has 0 heterocycles. The van der Waals surface area contributed by atoms with Gasteiger partial charge in [-0.3, -0.25) is 9.69 Å². The summed E-state index contributed by atoms with van der Waals surface area (Å²) in [6, 6.07) is 7.19. The van der Waals surface area contributed by atoms with Gasteiger partial charge < -0.3 is 10.4 Å². The summed E-state index contributed by atoms with van der Waals surface area (Å²) in [4.78, 5) is 23.4. The second kappa shape index (κ2) is 7.51. The predicted octanol–water partition coefficient (Wildman–Crippen LogP) is 2.63. The van der Waals surface area contributed by atoms with Gasteiger partial charge in [-0.25, -0.2) is 4.79 Å². The van der Waals surface area contributed by atoms with E-state index in [1.54, 1.807) is 35.6 Å². The number of para-hydroxylation sites is 1. The van der Waals surface area contributed by atoms with Crippen molar-refractivity contribution >= 4 is 17.7 Å². The Balaban J connectivity index is 2.72. The van der Waals surface area contributed by atoms with Crippen LogP contribution in [0.3, 0.4) is 0 Å². The standard InChI is InChI=1S/C13H15F3N2O3/c14-13(15,16)9-17-12(21)18(8-4-7-11(19)20)10-5-2-1-3-6-10/h1-3,5-6H,4,7-9H2,(H,17,21)(H,19,20). The lowest BCUT2D eigenvalue weighted by Gasteiger charge is -2.23. The van der Waals surface area contributed by atoms with Crippen LogP contribution in [0.5, 0.6) is 0 Å². The molecule has 1 rings (SSSR count). The van der Waals surface area contributed by atoms with E-state index in [9.17, 15) is 22.8 Å². The molecular weight excluding hydrogens is 289 g/mol. The number of aliphatic carboxylic acids is 1. The molecule has 8 heteroatoms. The number of alkyl halides is 3. The zero-order valence-corrected chi connectivity index (χ0v) is 11.1. The monoisotopic (exact) mass is 304 g/mol. The zero-order valence-electron chi connectivity index (χ0n) is 11.1. The number of anilines is 1. The average Bonchev–Trinajstić information content (AvgIpc) is 2.41. The van der Waals surface area contributed by atoms with E-state index in [4.69, 9.17) is 5.11 Å². The summed E-state index contributed by atoms with van der Waals surface area (Å²) < 4.78 is 36.4. The Kier molecular flexibility index (Phi) is 6.01. The summed E-state index contributed by atoms with van der Waals surface area (Å²) >= 11 is 0. The minimum Gasteiger partial charge on any atom is -0.481 e. The van der Waals surface area contributed by atoms with E-state index in [2.05, 4.69) is 0 Å². The van der Waals surface area contributed by atoms with Gasteiger partial charge in [-0.15, -0.1) is 0 Å². The second-order valence-electron chi connectivity index (χ2n) is 4.26. The van der Waals surface area contributed by atoms with Crippen LogP contribution in [0.25, 0.3) is 0 Å². The Morgan fingerprint density at radius 1 is 1.19 bits per heavy atom. The maximum Gasteiger partial charge on any atom is 0.405 e. The third-order valence-electron chi connectivity index (χ3n) is 2.53. The highest BCUT2D eigenvalue weighted by atomic mass is 19.4. The third-order valence-corrected chi connectivity index (χ3v) is 2.53. The maximum atomic E-state index is 12.1. The fraction of sp³-hybridized carbons (Fsp3) is 0.385. The van der Waals surface area contributed by atoms with Gasteiger partial charge in [-0.2, -0.15) is 13.2 Å². The molecule has 0 radical (unpaired) electrons. The van der Waals surface area contributed by atoms with Crippen molar-refractivity contribution in [2.75, 3.05) is 18.0 Å². The lowest BCUT2D eigenvalue weighted by molar-refractivity contribution is -0.137. The summed E-state index contributed by atoms with van der Waals surface area (Å²) in [5, 5.41) is 10.4. The fourth-order valence-electron chi connectivity index (χ4n) is 1.62. The normalized spacial score (nSPS) is 11.0. The summed E-state index contributed by atoms with van der Waals surface area (Å²) in [5.41, 5.74) is 0.405. The van der Waals surface area contributed by atoms with Gasteiger partial charge >= 0.3 is 18.2 Å². The molecule has 2 N–H and O–H groups in total. The van der Waals surface area contributed by atoms with Gasteiger partial charge in [0.25, 0.3) is 0 Å². The topological polar surface area (TPSA) is 69.6 Å². The fourth-order valence-corrected chi connectivity index (χ4v) is 1.62. The van der Waals surface area contributed by atoms with Gasteiger partial charge in [0.2, 0.25) is 0 Å². The number of benzene rings is 1. The van der Waals surface area contributed by atoms with Crippen molar-refractivity contribution in [2.45, 2.75) is 19.0 Å². The number of carboxylic acids is 1. The Labute approximate surface area is 119 Å². The summed E-state index contributed by atoms with van der Waals surface area (Å²) in [7, 11) is 0. The van der Waals surface area contributed by atoms with Crippen LogP contribution in [0.4, 0.5) is 23.7 Å². The molecule has 1 aromatic carbocycles. The maximum absolute atomic E-state index is 12.1. The predicted molar refractivity (Wildman–Crippen MR) is 70.1 cm³/mol. The lowest BCUT2D eigenvalue weighted by Crippen LogP contribution is -2.44. The molecule has 0 bridgehead atoms. The van der Waals surface area contributed by atoms with Gasteiger partial charge in [0.15, 0.2) is 0 Å². The molecule has 0 aliphatic heterocycles. The van der Waals surface area contributed by atoms with Gasteiger partial charge in [0.05, 0.1) is 0 Å². The number of urea groups is 1. The molecule has 0 fully saturated rings. The van der Waals surface area contributed by atoms with E-state index in [0.29, 0.717) is 5.69 Å². The van der Waals surface area contributed by atoms with E-state index in [1.807, 2.05) is 0 Å². The molecule has 2 amide bonds. The molecular formula is C13H15F3N2O3. The number of amides is 2. The van der Waals surface area contributed by atoms with Crippen LogP contribution < -0.4 is 10.2 Å². The van der Waals surface area contributed by atoms with Crippen molar-refractivity contribution in [3.8, 4) is 0 Å². The highest BCUT2D eigenvalue weighted by Crippen LogP contribution is 2.16. The van der Waals surface area contributed by atoms with Crippen LogP contribution in [-0.4, -0.2) is 36.4 Å². The van der Waals surface area contributed by atoms with E-state index >= 15 is 0 Å². The van der Waals surface area contributed by atoms with Crippen molar-refractivity contribution < 1.29 is 27.9 Å². The van der Waals surface area contributed by atoms with Gasteiger partial charge in [-0.1, -0.05) is 18.2 Å². The number of hydrogen-bond donors (Lipinski definition) is 2. The highest BCUT2D eigenvalue weighted by molar-refractivity contribution is 5.92. The molecule has 0 atom stereocenters. The number of hydrogen-bond acceptors (Lipinski definition) is 2. The number of carbonyl (C=O) groups excluding carboxylic acids is 1. The third kappa shape index (κ3) is 6.64. The van der Waals surface area contributed by atoms with Crippen LogP contribution in [0.2, 0.25) is 0 Å². The minimum atomic E-state index is -4.50. The molecule has 0 unspecified atom stereocenters. The zero-order chi connectivity index (χ0) is 15.9. The van der Waals surface area contributed by atoms with Crippen LogP contribution in [0, 0.1) is 0 Å². The molecule has 0 aliphatic carbocycles. The minimum absolute atomic E-state index is 0.0139. The van der Waals surface area contributed by atoms with Crippen LogP contribution >= 0.6 is 0 Å². The summed E-state index contributed by atoms with van der Waals surface area (Å²) in [5.74, 6) is -1.03. The smallest absolute Gasteiger partial charge is 0.405 e. The number of carbonyl (C=O) groups is 2. The molecule has 116 valence electrons. The van der Waals surface area contributed by atoms with Gasteiger partial charge in [0.1, 0.15) is 6.54 Å². The van der Waals surface area contributed by atoms with Crippen molar-refractivity contribution in [1.82, 2.24) is 5.32 Å². The largest absolute Gasteiger partial charge is 0.481 e. The summed E-state index contributed by atoms with van der Waals surface area (Å²) in [6.07, 6.45) is -4.53. The first-order chi connectivity index (χ1) is 9.79. The van der Waals surface area contributed by atoms with E-state index in [1.165, 1.54) is 0 Å². The number of halogens is 3. The van der Waals surface area contributed by atoms with Gasteiger partial charge in [-0.05, 0) is 18.6 Å². The molecule has 5 nitrogen and oxygen atoms in total. The van der Waals surface area contributed by atoms with Crippen molar-refractivity contribution in [3.05, 3.63) is 30.3 Å². The second-order valence-corrected chi connectivity index (χ2v) is 4.26. The van der Waals surface area contributed by atoms with E-state index in [-0.39, 0.29) is 19.4 Å². The summed E-state index contributed by atoms with van der Waals surface area (Å²) in [6.45, 7) is -1.42. The van der Waals surface area contributed by atoms with Gasteiger partial charge in [0, 0.05) is 18.7 Å². The van der Waals surface area contributed by atoms with E-state index < -0.39 is 24.7 Å². The Hall–Kier alpha value is -2.25. The van der Waals surface area contributed by atoms with E-state index in [0.717, 1.165) is 4.90 Å². The quantitative estimate of drug-likeness (QED) is 0.849. The Morgan fingerprint density at radius 3 is 2.33 bits per heavy atom. The lowest BCUT2D eigenvalue weighted by atomic mass is 10.2. The molecule has 0 spiro atoms. The van der Waals surface area contributed by atoms with Crippen molar-refractivity contribution in [3.63, 3.8) is 0 Å². The Bertz CT molecular complexity index is 477. The molecule has 1 aromatic rings. The number of rotatable bonds is 6. The number of carboxylic acid groups (broad SMARTS) is 1. The SMILES string of the molecule is O=C(O)CCCN(C(=O)NCC(F)(F)F)c1ccccc1. The van der Waals surface area contributed by atoms with Crippen LogP contribution in [0.15, 0.2) is 30.3 Å². The van der Waals surface area contributed by atoms with Crippen molar-refractivity contribution in [1.29, 1.82) is 0 Å². The number of nitrogens with zero attached hydrogens (tertiary/aromatic N) is 1. The first-order valence-corrected chi connectivity index (χ1v) is 6.18. The van der Waals surface area contributed by atoms with Crippen molar-refractivity contribution in [2.24, 2.45) is 0 Å². The number of nitrogens with one attached hydrogen (secondary N) is 1. The molecule has 21 heavy (non-hydrogen) atoms.